The van der Waals surface area contributed by atoms with Gasteiger partial charge in [0.1, 0.15) is 12.2 Å². The first-order chi connectivity index (χ1) is 10.4. The molecule has 0 spiro atoms. The number of aliphatic hydroxyl groups excluding tert-OH is 1. The van der Waals surface area contributed by atoms with Gasteiger partial charge < -0.3 is 19.3 Å². The molecule has 2 saturated heterocycles. The summed E-state index contributed by atoms with van der Waals surface area (Å²) < 4.78 is 17.2. The van der Waals surface area contributed by atoms with Crippen molar-refractivity contribution >= 4 is 0 Å². The van der Waals surface area contributed by atoms with Gasteiger partial charge in [0.15, 0.2) is 5.79 Å². The van der Waals surface area contributed by atoms with Gasteiger partial charge >= 0.3 is 0 Å². The van der Waals surface area contributed by atoms with Crippen LogP contribution in [0.15, 0.2) is 0 Å². The van der Waals surface area contributed by atoms with Crippen LogP contribution in [0.3, 0.4) is 0 Å². The van der Waals surface area contributed by atoms with E-state index in [1.165, 1.54) is 12.8 Å². The minimum absolute atomic E-state index is 0.0308. The van der Waals surface area contributed by atoms with E-state index in [4.69, 9.17) is 14.2 Å². The number of hydrogen-bond acceptors (Lipinski definition) is 5. The minimum Gasteiger partial charge on any atom is -0.389 e. The van der Waals surface area contributed by atoms with Crippen LogP contribution in [-0.4, -0.2) is 66.5 Å². The number of unbranched alkanes of at least 4 members (excludes halogenated alkanes) is 3. The van der Waals surface area contributed by atoms with Gasteiger partial charge in [0.2, 0.25) is 0 Å². The second-order valence-electron chi connectivity index (χ2n) is 6.98. The lowest BCUT2D eigenvalue weighted by molar-refractivity contribution is -0.153. The van der Waals surface area contributed by atoms with Crippen molar-refractivity contribution in [3.05, 3.63) is 0 Å². The summed E-state index contributed by atoms with van der Waals surface area (Å²) >= 11 is 0. The molecule has 0 aliphatic carbocycles. The van der Waals surface area contributed by atoms with E-state index >= 15 is 0 Å². The molecule has 1 N–H and O–H groups in total. The maximum Gasteiger partial charge on any atom is 0.163 e. The topological polar surface area (TPSA) is 51.2 Å². The lowest BCUT2D eigenvalue weighted by atomic mass is 9.94. The van der Waals surface area contributed by atoms with E-state index < -0.39 is 11.9 Å². The highest BCUT2D eigenvalue weighted by atomic mass is 16.8. The molecule has 2 heterocycles. The molecular formula is C17H33NO4. The molecule has 130 valence electrons. The number of fused-ring (bicyclic) bond motifs is 1. The van der Waals surface area contributed by atoms with Gasteiger partial charge in [0, 0.05) is 25.8 Å². The average molecular weight is 315 g/mol. The van der Waals surface area contributed by atoms with Gasteiger partial charge in [-0.25, -0.2) is 0 Å². The third-order valence-corrected chi connectivity index (χ3v) is 4.70. The van der Waals surface area contributed by atoms with E-state index in [2.05, 4.69) is 11.8 Å². The molecule has 0 saturated carbocycles. The molecule has 2 rings (SSSR count). The van der Waals surface area contributed by atoms with Crippen molar-refractivity contribution < 1.29 is 19.3 Å². The number of rotatable bonds is 8. The normalized spacial score (nSPS) is 34.8. The summed E-state index contributed by atoms with van der Waals surface area (Å²) in [6.07, 6.45) is 4.05. The van der Waals surface area contributed by atoms with Crippen molar-refractivity contribution in [1.29, 1.82) is 0 Å². The molecule has 0 bridgehead atoms. The Morgan fingerprint density at radius 1 is 1.14 bits per heavy atom. The molecule has 2 aliphatic heterocycles. The number of piperidine rings is 1. The van der Waals surface area contributed by atoms with Crippen LogP contribution in [0.2, 0.25) is 0 Å². The maximum atomic E-state index is 10.3. The molecule has 2 unspecified atom stereocenters. The van der Waals surface area contributed by atoms with Crippen LogP contribution in [0.25, 0.3) is 0 Å². The first kappa shape index (κ1) is 18.1. The Morgan fingerprint density at radius 2 is 1.82 bits per heavy atom. The second kappa shape index (κ2) is 8.06. The van der Waals surface area contributed by atoms with E-state index in [1.807, 2.05) is 20.8 Å². The highest BCUT2D eigenvalue weighted by Crippen LogP contribution is 2.36. The Balaban J connectivity index is 1.71. The smallest absolute Gasteiger partial charge is 0.163 e. The molecule has 0 aromatic heterocycles. The van der Waals surface area contributed by atoms with Crippen molar-refractivity contribution in [3.63, 3.8) is 0 Å². The van der Waals surface area contributed by atoms with Crippen LogP contribution in [0.4, 0.5) is 0 Å². The van der Waals surface area contributed by atoms with Crippen LogP contribution in [0.5, 0.6) is 0 Å². The predicted molar refractivity (Wildman–Crippen MR) is 85.8 cm³/mol. The molecule has 0 aromatic rings. The lowest BCUT2D eigenvalue weighted by Gasteiger charge is -2.41. The minimum atomic E-state index is -0.583. The van der Waals surface area contributed by atoms with Gasteiger partial charge in [-0.15, -0.1) is 0 Å². The van der Waals surface area contributed by atoms with Gasteiger partial charge in [-0.2, -0.15) is 0 Å². The Bertz CT molecular complexity index is 337. The quantitative estimate of drug-likeness (QED) is 0.696. The van der Waals surface area contributed by atoms with Crippen LogP contribution >= 0.6 is 0 Å². The SMILES string of the molecule is CCOCCCCCCN1C[C@H](O)C2OC(C)(C)O[C@H]2C1C. The van der Waals surface area contributed by atoms with E-state index in [0.717, 1.165) is 32.6 Å². The zero-order chi connectivity index (χ0) is 16.2. The van der Waals surface area contributed by atoms with Crippen molar-refractivity contribution in [2.75, 3.05) is 26.3 Å². The van der Waals surface area contributed by atoms with Gasteiger partial charge in [-0.1, -0.05) is 12.8 Å². The monoisotopic (exact) mass is 315 g/mol. The van der Waals surface area contributed by atoms with E-state index in [1.54, 1.807) is 0 Å². The molecule has 22 heavy (non-hydrogen) atoms. The fourth-order valence-corrected chi connectivity index (χ4v) is 3.52. The molecule has 0 radical (unpaired) electrons. The van der Waals surface area contributed by atoms with Crippen LogP contribution in [0.1, 0.15) is 53.4 Å². The Labute approximate surface area is 134 Å². The number of β-amino-alcohol motifs (C(OH)–C–C–N with tert-alkyl or cyclic N) is 1. The Morgan fingerprint density at radius 3 is 2.55 bits per heavy atom. The summed E-state index contributed by atoms with van der Waals surface area (Å²) in [4.78, 5) is 2.35. The van der Waals surface area contributed by atoms with Gasteiger partial charge in [0.25, 0.3) is 0 Å². The molecule has 4 atom stereocenters. The predicted octanol–water partition coefficient (Wildman–Crippen LogP) is 2.17. The van der Waals surface area contributed by atoms with Gasteiger partial charge in [-0.3, -0.25) is 4.90 Å². The summed E-state index contributed by atoms with van der Waals surface area (Å²) in [7, 11) is 0. The molecule has 0 amide bonds. The molecular weight excluding hydrogens is 282 g/mol. The first-order valence-corrected chi connectivity index (χ1v) is 8.80. The number of hydrogen-bond donors (Lipinski definition) is 1. The van der Waals surface area contributed by atoms with Gasteiger partial charge in [0.05, 0.1) is 6.10 Å². The Hall–Kier alpha value is -0.200. The van der Waals surface area contributed by atoms with Crippen molar-refractivity contribution in [3.8, 4) is 0 Å². The molecule has 0 aromatic carbocycles. The average Bonchev–Trinajstić information content (AvgIpc) is 2.79. The third kappa shape index (κ3) is 4.65. The van der Waals surface area contributed by atoms with E-state index in [-0.39, 0.29) is 12.2 Å². The first-order valence-electron chi connectivity index (χ1n) is 8.80. The summed E-state index contributed by atoms with van der Waals surface area (Å²) in [5.41, 5.74) is 0. The zero-order valence-electron chi connectivity index (χ0n) is 14.6. The Kier molecular flexibility index (Phi) is 6.65. The number of likely N-dealkylation sites (tertiary alicyclic amines) is 1. The van der Waals surface area contributed by atoms with Crippen LogP contribution < -0.4 is 0 Å². The molecule has 5 heteroatoms. The van der Waals surface area contributed by atoms with E-state index in [0.29, 0.717) is 12.6 Å². The summed E-state index contributed by atoms with van der Waals surface area (Å²) in [6.45, 7) is 11.4. The highest BCUT2D eigenvalue weighted by molar-refractivity contribution is 4.98. The molecule has 2 fully saturated rings. The second-order valence-corrected chi connectivity index (χ2v) is 6.98. The molecule has 2 aliphatic rings. The van der Waals surface area contributed by atoms with Crippen molar-refractivity contribution in [1.82, 2.24) is 4.90 Å². The van der Waals surface area contributed by atoms with Crippen molar-refractivity contribution in [2.45, 2.75) is 83.5 Å². The maximum absolute atomic E-state index is 10.3. The van der Waals surface area contributed by atoms with Gasteiger partial charge in [-0.05, 0) is 47.1 Å². The highest BCUT2D eigenvalue weighted by Gasteiger charge is 2.51. The third-order valence-electron chi connectivity index (χ3n) is 4.70. The van der Waals surface area contributed by atoms with Crippen molar-refractivity contribution in [2.24, 2.45) is 0 Å². The summed E-state index contributed by atoms with van der Waals surface area (Å²) in [6, 6.07) is 0.290. The number of nitrogens with zero attached hydrogens (tertiary/aromatic N) is 1. The summed E-state index contributed by atoms with van der Waals surface area (Å²) in [5.74, 6) is -0.583. The summed E-state index contributed by atoms with van der Waals surface area (Å²) in [5, 5.41) is 10.3. The number of ether oxygens (including phenoxy) is 3. The lowest BCUT2D eigenvalue weighted by Crippen LogP contribution is -2.59. The molecule has 5 nitrogen and oxygen atoms in total. The van der Waals surface area contributed by atoms with Crippen LogP contribution in [-0.2, 0) is 14.2 Å². The fraction of sp³-hybridized carbons (Fsp3) is 1.00. The number of aliphatic hydroxyl groups is 1. The zero-order valence-corrected chi connectivity index (χ0v) is 14.6. The fourth-order valence-electron chi connectivity index (χ4n) is 3.52. The van der Waals surface area contributed by atoms with E-state index in [9.17, 15) is 5.11 Å². The standard InChI is InChI=1S/C17H33NO4/c1-5-20-11-9-7-6-8-10-18-12-14(19)16-15(13(18)2)21-17(3,4)22-16/h13-16,19H,5-12H2,1-4H3/t13?,14-,15-,16?/m0/s1. The van der Waals surface area contributed by atoms with Crippen LogP contribution in [0, 0.1) is 0 Å². The largest absolute Gasteiger partial charge is 0.389 e.